The van der Waals surface area contributed by atoms with Gasteiger partial charge in [0.15, 0.2) is 0 Å². The van der Waals surface area contributed by atoms with Gasteiger partial charge in [-0.2, -0.15) is 0 Å². The van der Waals surface area contributed by atoms with Crippen molar-refractivity contribution in [3.63, 3.8) is 0 Å². The summed E-state index contributed by atoms with van der Waals surface area (Å²) in [5.74, 6) is 0. The van der Waals surface area contributed by atoms with Crippen LogP contribution in [0.2, 0.25) is 0 Å². The van der Waals surface area contributed by atoms with Gasteiger partial charge in [-0.25, -0.2) is 0 Å². The molecule has 0 atom stereocenters. The van der Waals surface area contributed by atoms with Gasteiger partial charge in [0, 0.05) is 19.8 Å². The van der Waals surface area contributed by atoms with Crippen molar-refractivity contribution in [2.45, 2.75) is 6.42 Å². The molecule has 3 rings (SSSR count). The topological polar surface area (TPSA) is 3.24 Å². The lowest BCUT2D eigenvalue weighted by Crippen LogP contribution is -2.08. The maximum atomic E-state index is 4.27. The van der Waals surface area contributed by atoms with Crippen LogP contribution in [0.4, 0.5) is 5.69 Å². The van der Waals surface area contributed by atoms with Crippen LogP contribution in [0.15, 0.2) is 85.4 Å². The van der Waals surface area contributed by atoms with Crippen molar-refractivity contribution in [1.82, 2.24) is 0 Å². The largest absolute Gasteiger partial charge is 0.378 e. The van der Waals surface area contributed by atoms with Crippen LogP contribution in [0.1, 0.15) is 22.3 Å². The number of nitrogens with zero attached hydrogens (tertiary/aromatic N) is 1. The molecule has 120 valence electrons. The smallest absolute Gasteiger partial charge is 0.0361 e. The SMILES string of the molecule is C=C(c1ccc(Cc2ccccc2)cc1)c1ccc(N(C)C)cc1. The maximum Gasteiger partial charge on any atom is 0.0361 e. The van der Waals surface area contributed by atoms with Crippen LogP contribution in [0, 0.1) is 0 Å². The first-order valence-corrected chi connectivity index (χ1v) is 8.23. The second kappa shape index (κ2) is 7.18. The first-order chi connectivity index (χ1) is 11.6. The number of hydrogen-bond donors (Lipinski definition) is 0. The molecular formula is C23H23N. The molecule has 3 aromatic carbocycles. The first kappa shape index (κ1) is 16.1. The average molecular weight is 313 g/mol. The Morgan fingerprint density at radius 3 is 1.75 bits per heavy atom. The quantitative estimate of drug-likeness (QED) is 0.609. The van der Waals surface area contributed by atoms with E-state index in [9.17, 15) is 0 Å². The fourth-order valence-electron chi connectivity index (χ4n) is 2.78. The fourth-order valence-corrected chi connectivity index (χ4v) is 2.78. The zero-order chi connectivity index (χ0) is 16.9. The predicted octanol–water partition coefficient (Wildman–Crippen LogP) is 5.40. The van der Waals surface area contributed by atoms with Gasteiger partial charge >= 0.3 is 0 Å². The van der Waals surface area contributed by atoms with E-state index in [1.165, 1.54) is 22.4 Å². The van der Waals surface area contributed by atoms with Crippen molar-refractivity contribution in [3.8, 4) is 0 Å². The summed E-state index contributed by atoms with van der Waals surface area (Å²) in [4.78, 5) is 2.10. The summed E-state index contributed by atoms with van der Waals surface area (Å²) in [6.45, 7) is 4.27. The minimum Gasteiger partial charge on any atom is -0.378 e. The summed E-state index contributed by atoms with van der Waals surface area (Å²) in [5.41, 5.74) is 7.25. The van der Waals surface area contributed by atoms with E-state index in [1.54, 1.807) is 0 Å². The Morgan fingerprint density at radius 1 is 0.708 bits per heavy atom. The van der Waals surface area contributed by atoms with Crippen molar-refractivity contribution in [3.05, 3.63) is 108 Å². The van der Waals surface area contributed by atoms with Gasteiger partial charge in [-0.1, -0.05) is 73.3 Å². The molecular weight excluding hydrogens is 290 g/mol. The number of hydrogen-bond acceptors (Lipinski definition) is 1. The molecule has 0 heterocycles. The molecule has 0 unspecified atom stereocenters. The summed E-state index contributed by atoms with van der Waals surface area (Å²) in [5, 5.41) is 0. The second-order valence-corrected chi connectivity index (χ2v) is 6.28. The number of benzene rings is 3. The first-order valence-electron chi connectivity index (χ1n) is 8.23. The van der Waals surface area contributed by atoms with Gasteiger partial charge < -0.3 is 4.90 Å². The number of anilines is 1. The van der Waals surface area contributed by atoms with Crippen molar-refractivity contribution in [1.29, 1.82) is 0 Å². The molecule has 0 aromatic heterocycles. The highest BCUT2D eigenvalue weighted by Crippen LogP contribution is 2.24. The third-order valence-electron chi connectivity index (χ3n) is 4.29. The van der Waals surface area contributed by atoms with Gasteiger partial charge in [-0.3, -0.25) is 0 Å². The lowest BCUT2D eigenvalue weighted by molar-refractivity contribution is 1.13. The molecule has 3 aromatic rings. The summed E-state index contributed by atoms with van der Waals surface area (Å²) in [6.07, 6.45) is 0.963. The van der Waals surface area contributed by atoms with Crippen molar-refractivity contribution < 1.29 is 0 Å². The Kier molecular flexibility index (Phi) is 4.81. The lowest BCUT2D eigenvalue weighted by atomic mass is 9.97. The van der Waals surface area contributed by atoms with Crippen LogP contribution in [0.25, 0.3) is 5.57 Å². The summed E-state index contributed by atoms with van der Waals surface area (Å²) >= 11 is 0. The van der Waals surface area contributed by atoms with E-state index >= 15 is 0 Å². The molecule has 0 radical (unpaired) electrons. The Labute approximate surface area is 144 Å². The molecule has 1 heteroatoms. The van der Waals surface area contributed by atoms with Crippen LogP contribution in [-0.4, -0.2) is 14.1 Å². The normalized spacial score (nSPS) is 10.4. The Bertz CT molecular complexity index is 797. The van der Waals surface area contributed by atoms with E-state index in [2.05, 4.69) is 104 Å². The van der Waals surface area contributed by atoms with E-state index in [0.29, 0.717) is 0 Å². The highest BCUT2D eigenvalue weighted by molar-refractivity contribution is 5.78. The number of rotatable bonds is 5. The van der Waals surface area contributed by atoms with Gasteiger partial charge in [0.1, 0.15) is 0 Å². The summed E-state index contributed by atoms with van der Waals surface area (Å²) in [6, 6.07) is 27.8. The zero-order valence-electron chi connectivity index (χ0n) is 14.4. The van der Waals surface area contributed by atoms with Gasteiger partial charge in [-0.05, 0) is 46.4 Å². The second-order valence-electron chi connectivity index (χ2n) is 6.28. The molecule has 0 bridgehead atoms. The van der Waals surface area contributed by atoms with Gasteiger partial charge in [0.25, 0.3) is 0 Å². The van der Waals surface area contributed by atoms with E-state index in [0.717, 1.165) is 17.6 Å². The minimum absolute atomic E-state index is 0.963. The van der Waals surface area contributed by atoms with E-state index < -0.39 is 0 Å². The molecule has 0 saturated heterocycles. The monoisotopic (exact) mass is 313 g/mol. The van der Waals surface area contributed by atoms with Gasteiger partial charge in [0.2, 0.25) is 0 Å². The molecule has 1 nitrogen and oxygen atoms in total. The third kappa shape index (κ3) is 3.75. The molecule has 0 aliphatic heterocycles. The highest BCUT2D eigenvalue weighted by atomic mass is 15.1. The Morgan fingerprint density at radius 2 is 1.21 bits per heavy atom. The van der Waals surface area contributed by atoms with E-state index in [-0.39, 0.29) is 0 Å². The molecule has 0 saturated carbocycles. The third-order valence-corrected chi connectivity index (χ3v) is 4.29. The molecule has 0 fully saturated rings. The van der Waals surface area contributed by atoms with E-state index in [4.69, 9.17) is 0 Å². The van der Waals surface area contributed by atoms with Gasteiger partial charge in [-0.15, -0.1) is 0 Å². The lowest BCUT2D eigenvalue weighted by Gasteiger charge is -2.14. The molecule has 24 heavy (non-hydrogen) atoms. The molecule has 0 N–H and O–H groups in total. The molecule has 0 amide bonds. The summed E-state index contributed by atoms with van der Waals surface area (Å²) in [7, 11) is 4.10. The van der Waals surface area contributed by atoms with Crippen molar-refractivity contribution in [2.24, 2.45) is 0 Å². The highest BCUT2D eigenvalue weighted by Gasteiger charge is 2.04. The van der Waals surface area contributed by atoms with Crippen LogP contribution in [-0.2, 0) is 6.42 Å². The maximum absolute atomic E-state index is 4.27. The molecule has 0 aliphatic rings. The van der Waals surface area contributed by atoms with Crippen LogP contribution >= 0.6 is 0 Å². The zero-order valence-corrected chi connectivity index (χ0v) is 14.4. The van der Waals surface area contributed by atoms with Crippen molar-refractivity contribution in [2.75, 3.05) is 19.0 Å². The Hall–Kier alpha value is -2.80. The standard InChI is InChI=1S/C23H23N/c1-18(22-13-15-23(16-14-22)24(2)3)21-11-9-20(10-12-21)17-19-7-5-4-6-8-19/h4-16H,1,17H2,2-3H3. The summed E-state index contributed by atoms with van der Waals surface area (Å²) < 4.78 is 0. The van der Waals surface area contributed by atoms with Crippen LogP contribution < -0.4 is 4.90 Å². The van der Waals surface area contributed by atoms with Crippen molar-refractivity contribution >= 4 is 11.3 Å². The van der Waals surface area contributed by atoms with E-state index in [1.807, 2.05) is 0 Å². The Balaban J connectivity index is 1.74. The van der Waals surface area contributed by atoms with Crippen LogP contribution in [0.5, 0.6) is 0 Å². The minimum atomic E-state index is 0.963. The average Bonchev–Trinajstić information content (AvgIpc) is 2.63. The predicted molar refractivity (Wildman–Crippen MR) is 105 cm³/mol. The van der Waals surface area contributed by atoms with Gasteiger partial charge in [0.05, 0.1) is 0 Å². The van der Waals surface area contributed by atoms with Crippen LogP contribution in [0.3, 0.4) is 0 Å². The molecule has 0 aliphatic carbocycles. The fraction of sp³-hybridized carbons (Fsp3) is 0.130. The molecule has 0 spiro atoms.